The summed E-state index contributed by atoms with van der Waals surface area (Å²) in [6, 6.07) is 17.2. The van der Waals surface area contributed by atoms with Gasteiger partial charge in [0, 0.05) is 49.7 Å². The van der Waals surface area contributed by atoms with E-state index in [1.54, 1.807) is 24.4 Å². The Morgan fingerprint density at radius 2 is 1.76 bits per heavy atom. The highest BCUT2D eigenvalue weighted by Gasteiger charge is 2.23. The minimum Gasteiger partial charge on any atom is -0.366 e. The van der Waals surface area contributed by atoms with Crippen molar-refractivity contribution in [3.63, 3.8) is 0 Å². The van der Waals surface area contributed by atoms with Crippen LogP contribution in [0.15, 0.2) is 66.9 Å². The summed E-state index contributed by atoms with van der Waals surface area (Å²) in [5.41, 5.74) is 4.08. The number of H-pyrrole nitrogens is 1. The van der Waals surface area contributed by atoms with Crippen molar-refractivity contribution in [2.45, 2.75) is 19.3 Å². The van der Waals surface area contributed by atoms with E-state index in [0.29, 0.717) is 51.1 Å². The normalized spacial score (nSPS) is 14.1. The third-order valence-corrected chi connectivity index (χ3v) is 6.43. The van der Waals surface area contributed by atoms with Crippen molar-refractivity contribution in [3.8, 4) is 11.4 Å². The number of carbonyl (C=O) groups is 1. The number of rotatable bonds is 6. The lowest BCUT2D eigenvalue weighted by atomic mass is 10.0. The second-order valence-electron chi connectivity index (χ2n) is 8.56. The number of aromatic amines is 1. The number of piperazine rings is 1. The molecule has 0 radical (unpaired) electrons. The van der Waals surface area contributed by atoms with Crippen LogP contribution >= 0.6 is 0 Å². The molecule has 4 aromatic rings. The molecule has 5 rings (SSSR count). The molecule has 5 nitrogen and oxygen atoms in total. The summed E-state index contributed by atoms with van der Waals surface area (Å²) < 4.78 is 28.1. The van der Waals surface area contributed by atoms with Gasteiger partial charge in [-0.05, 0) is 60.9 Å². The molecular weight excluding hydrogens is 434 g/mol. The molecule has 0 atom stereocenters. The fourth-order valence-corrected chi connectivity index (χ4v) is 4.69. The molecule has 34 heavy (non-hydrogen) atoms. The van der Waals surface area contributed by atoms with Crippen LogP contribution < -0.4 is 4.90 Å². The van der Waals surface area contributed by atoms with Crippen LogP contribution in [-0.4, -0.2) is 47.0 Å². The molecule has 0 spiro atoms. The van der Waals surface area contributed by atoms with Crippen molar-refractivity contribution < 1.29 is 13.6 Å². The van der Waals surface area contributed by atoms with E-state index < -0.39 is 0 Å². The second kappa shape index (κ2) is 9.63. The fraction of sp³-hybridized carbons (Fsp3) is 0.259. The van der Waals surface area contributed by atoms with Crippen LogP contribution in [0.1, 0.15) is 18.4 Å². The van der Waals surface area contributed by atoms with Crippen LogP contribution in [-0.2, 0) is 11.2 Å². The van der Waals surface area contributed by atoms with Gasteiger partial charge in [0.15, 0.2) is 0 Å². The molecule has 2 aromatic heterocycles. The van der Waals surface area contributed by atoms with Gasteiger partial charge in [0.1, 0.15) is 11.6 Å². The van der Waals surface area contributed by atoms with Gasteiger partial charge in [-0.1, -0.05) is 18.2 Å². The summed E-state index contributed by atoms with van der Waals surface area (Å²) in [5.74, 6) is -0.427. The van der Waals surface area contributed by atoms with Crippen LogP contribution in [0.3, 0.4) is 0 Å². The van der Waals surface area contributed by atoms with E-state index in [2.05, 4.69) is 9.97 Å². The molecule has 7 heteroatoms. The molecule has 1 aliphatic heterocycles. The number of anilines is 1. The van der Waals surface area contributed by atoms with Crippen molar-refractivity contribution in [1.29, 1.82) is 0 Å². The average molecular weight is 461 g/mol. The summed E-state index contributed by atoms with van der Waals surface area (Å²) in [7, 11) is 0. The number of pyridine rings is 1. The zero-order chi connectivity index (χ0) is 23.5. The van der Waals surface area contributed by atoms with Crippen LogP contribution in [0, 0.1) is 11.6 Å². The fourth-order valence-electron chi connectivity index (χ4n) is 4.69. The summed E-state index contributed by atoms with van der Waals surface area (Å²) >= 11 is 0. The lowest BCUT2D eigenvalue weighted by Crippen LogP contribution is -2.49. The van der Waals surface area contributed by atoms with Crippen LogP contribution in [0.4, 0.5) is 14.5 Å². The zero-order valence-electron chi connectivity index (χ0n) is 18.8. The number of fused-ring (bicyclic) bond motifs is 1. The molecular formula is C27H26F2N4O. The predicted molar refractivity (Wildman–Crippen MR) is 130 cm³/mol. The van der Waals surface area contributed by atoms with Gasteiger partial charge in [-0.3, -0.25) is 9.78 Å². The summed E-state index contributed by atoms with van der Waals surface area (Å²) in [6.45, 7) is 2.37. The van der Waals surface area contributed by atoms with Gasteiger partial charge in [0.2, 0.25) is 5.91 Å². The number of nitrogens with one attached hydrogen (secondary N) is 1. The van der Waals surface area contributed by atoms with E-state index in [9.17, 15) is 13.6 Å². The first-order valence-corrected chi connectivity index (χ1v) is 11.6. The van der Waals surface area contributed by atoms with E-state index in [-0.39, 0.29) is 17.5 Å². The predicted octanol–water partition coefficient (Wildman–Crippen LogP) is 5.18. The number of aryl methyl sites for hydroxylation is 1. The Balaban J connectivity index is 1.24. The first-order chi connectivity index (χ1) is 16.6. The number of carbonyl (C=O) groups excluding carboxylic acids is 1. The Morgan fingerprint density at radius 1 is 0.971 bits per heavy atom. The molecule has 0 aliphatic carbocycles. The van der Waals surface area contributed by atoms with Crippen molar-refractivity contribution >= 4 is 22.5 Å². The van der Waals surface area contributed by atoms with Gasteiger partial charge < -0.3 is 14.8 Å². The number of aromatic nitrogens is 2. The average Bonchev–Trinajstić information content (AvgIpc) is 3.22. The molecule has 174 valence electrons. The van der Waals surface area contributed by atoms with Gasteiger partial charge in [0.25, 0.3) is 0 Å². The minimum absolute atomic E-state index is 0.0959. The van der Waals surface area contributed by atoms with Crippen molar-refractivity contribution in [3.05, 3.63) is 84.1 Å². The number of benzene rings is 2. The maximum absolute atomic E-state index is 14.1. The number of halogens is 2. The van der Waals surface area contributed by atoms with Crippen molar-refractivity contribution in [1.82, 2.24) is 14.9 Å². The third-order valence-electron chi connectivity index (χ3n) is 6.43. The van der Waals surface area contributed by atoms with Crippen LogP contribution in [0.2, 0.25) is 0 Å². The number of para-hydroxylation sites is 1. The molecule has 0 bridgehead atoms. The van der Waals surface area contributed by atoms with Gasteiger partial charge in [-0.25, -0.2) is 8.78 Å². The van der Waals surface area contributed by atoms with Crippen molar-refractivity contribution in [2.24, 2.45) is 0 Å². The molecule has 1 fully saturated rings. The molecule has 0 unspecified atom stereocenters. The SMILES string of the molecule is O=C(CCCc1c(-c2ccccn2)[nH]c2ccc(F)cc12)N1CCN(c2ccccc2F)CC1. The Kier molecular flexibility index (Phi) is 6.25. The lowest BCUT2D eigenvalue weighted by molar-refractivity contribution is -0.131. The highest BCUT2D eigenvalue weighted by atomic mass is 19.1. The maximum Gasteiger partial charge on any atom is 0.222 e. The smallest absolute Gasteiger partial charge is 0.222 e. The van der Waals surface area contributed by atoms with Gasteiger partial charge in [-0.2, -0.15) is 0 Å². The number of amides is 1. The first kappa shape index (κ1) is 22.1. The summed E-state index contributed by atoms with van der Waals surface area (Å²) in [4.78, 5) is 24.5. The number of nitrogens with zero attached hydrogens (tertiary/aromatic N) is 3. The Bertz CT molecular complexity index is 1300. The van der Waals surface area contributed by atoms with Crippen LogP contribution in [0.5, 0.6) is 0 Å². The number of hydrogen-bond donors (Lipinski definition) is 1. The van der Waals surface area contributed by atoms with E-state index in [0.717, 1.165) is 27.9 Å². The van der Waals surface area contributed by atoms with Crippen LogP contribution in [0.25, 0.3) is 22.3 Å². The second-order valence-corrected chi connectivity index (χ2v) is 8.56. The van der Waals surface area contributed by atoms with Gasteiger partial charge in [-0.15, -0.1) is 0 Å². The van der Waals surface area contributed by atoms with Crippen molar-refractivity contribution in [2.75, 3.05) is 31.1 Å². The Labute approximate surface area is 197 Å². The minimum atomic E-state index is -0.288. The zero-order valence-corrected chi connectivity index (χ0v) is 18.8. The summed E-state index contributed by atoms with van der Waals surface area (Å²) in [5, 5.41) is 0.826. The van der Waals surface area contributed by atoms with E-state index in [1.165, 1.54) is 18.2 Å². The molecule has 1 N–H and O–H groups in total. The van der Waals surface area contributed by atoms with Gasteiger partial charge >= 0.3 is 0 Å². The van der Waals surface area contributed by atoms with E-state index in [4.69, 9.17) is 0 Å². The van der Waals surface area contributed by atoms with E-state index >= 15 is 0 Å². The Hall–Kier alpha value is -3.74. The van der Waals surface area contributed by atoms with Gasteiger partial charge in [0.05, 0.1) is 17.1 Å². The highest BCUT2D eigenvalue weighted by molar-refractivity contribution is 5.90. The van der Waals surface area contributed by atoms with E-state index in [1.807, 2.05) is 34.1 Å². The quantitative estimate of drug-likeness (QED) is 0.431. The molecule has 1 amide bonds. The first-order valence-electron chi connectivity index (χ1n) is 11.6. The molecule has 3 heterocycles. The highest BCUT2D eigenvalue weighted by Crippen LogP contribution is 2.31. The molecule has 0 saturated carbocycles. The Morgan fingerprint density at radius 3 is 2.53 bits per heavy atom. The third kappa shape index (κ3) is 4.51. The summed E-state index contributed by atoms with van der Waals surface area (Å²) in [6.07, 6.45) is 3.42. The topological polar surface area (TPSA) is 52.2 Å². The monoisotopic (exact) mass is 460 g/mol. The number of hydrogen-bond acceptors (Lipinski definition) is 3. The largest absolute Gasteiger partial charge is 0.366 e. The molecule has 1 saturated heterocycles. The standard InChI is InChI=1S/C27H26F2N4O/c28-19-11-12-23-21(18-19)20(27(31-23)24-8-3-4-13-30-24)6-5-10-26(34)33-16-14-32(15-17-33)25-9-2-1-7-22(25)29/h1-4,7-9,11-13,18,31H,5-6,10,14-17H2. The molecule has 2 aromatic carbocycles. The molecule has 1 aliphatic rings. The maximum atomic E-state index is 14.1. The lowest BCUT2D eigenvalue weighted by Gasteiger charge is -2.36.